The van der Waals surface area contributed by atoms with Gasteiger partial charge in [-0.3, -0.25) is 19.2 Å². The smallest absolute Gasteiger partial charge is 0.306 e. The number of nitrogens with one attached hydrogen (secondary N) is 1. The third kappa shape index (κ3) is 6.45. The van der Waals surface area contributed by atoms with Crippen LogP contribution in [0.2, 0.25) is 5.02 Å². The zero-order chi connectivity index (χ0) is 34.7. The SMILES string of the molecule is C=CCCC(=O)OC[C@H](NC(=O)[C@H]1[C@@H]2O[C@@]3(CC2Br)[C@@H]1C(=O)N([C@H](C)CO)[C@@H]3C(=O)N(CC=C)c1c(C)cccc1Cl)c1ccccc1. The lowest BCUT2D eigenvalue weighted by Gasteiger charge is -2.39. The number of allylic oxidation sites excluding steroid dienone is 1. The van der Waals surface area contributed by atoms with Crippen LogP contribution in [0.25, 0.3) is 0 Å². The lowest BCUT2D eigenvalue weighted by molar-refractivity contribution is -0.146. The average Bonchev–Trinajstić information content (AvgIpc) is 3.67. The summed E-state index contributed by atoms with van der Waals surface area (Å²) in [4.78, 5) is 58.5. The van der Waals surface area contributed by atoms with E-state index in [9.17, 15) is 24.3 Å². The number of aliphatic hydroxyl groups is 1. The van der Waals surface area contributed by atoms with E-state index in [2.05, 4.69) is 34.4 Å². The van der Waals surface area contributed by atoms with Gasteiger partial charge in [0.1, 0.15) is 18.2 Å². The number of hydrogen-bond donors (Lipinski definition) is 2. The van der Waals surface area contributed by atoms with Crippen LogP contribution < -0.4 is 10.2 Å². The van der Waals surface area contributed by atoms with Crippen LogP contribution in [0.15, 0.2) is 73.8 Å². The van der Waals surface area contributed by atoms with Crippen molar-refractivity contribution < 1.29 is 33.8 Å². The molecule has 0 saturated carbocycles. The largest absolute Gasteiger partial charge is 0.463 e. The number of likely N-dealkylation sites (tertiary alicyclic amines) is 1. The van der Waals surface area contributed by atoms with Gasteiger partial charge in [0.15, 0.2) is 0 Å². The van der Waals surface area contributed by atoms with E-state index in [1.165, 1.54) is 9.80 Å². The molecule has 2 bridgehead atoms. The Morgan fingerprint density at radius 3 is 2.58 bits per heavy atom. The van der Waals surface area contributed by atoms with Crippen molar-refractivity contribution in [3.05, 3.63) is 90.0 Å². The summed E-state index contributed by atoms with van der Waals surface area (Å²) in [6, 6.07) is 11.8. The molecule has 2 N–H and O–H groups in total. The number of para-hydroxylation sites is 1. The Hall–Kier alpha value is -3.51. The predicted molar refractivity (Wildman–Crippen MR) is 186 cm³/mol. The molecule has 3 amide bonds. The Bertz CT molecular complexity index is 1550. The highest BCUT2D eigenvalue weighted by Gasteiger charge is 2.77. The van der Waals surface area contributed by atoms with Crippen molar-refractivity contribution in [1.29, 1.82) is 0 Å². The number of benzene rings is 2. The molecule has 3 aliphatic rings. The highest BCUT2D eigenvalue weighted by molar-refractivity contribution is 9.09. The standard InChI is InChI=1S/C36H41BrClN3O7/c1-5-7-16-27(43)47-20-26(23-13-9-8-10-14-23)39-33(44)28-29-34(45)41(22(4)19-42)32(36(29)18-24(37)31(28)48-36)35(46)40(17-6-2)30-21(3)12-11-15-25(30)38/h5-6,8-15,22,24,26,28-29,31-32,42H,1-2,7,16-20H2,3-4H3,(H,39,44)/t22-,24?,26+,28-,29+,31-,32-,36+/m1/s1. The Morgan fingerprint density at radius 1 is 1.21 bits per heavy atom. The van der Waals surface area contributed by atoms with Crippen molar-refractivity contribution in [2.75, 3.05) is 24.7 Å². The number of carbonyl (C=O) groups is 4. The fourth-order valence-electron chi connectivity index (χ4n) is 7.38. The maximum absolute atomic E-state index is 14.8. The molecule has 256 valence electrons. The average molecular weight is 743 g/mol. The van der Waals surface area contributed by atoms with Crippen molar-refractivity contribution in [2.45, 2.75) is 67.8 Å². The van der Waals surface area contributed by atoms with Gasteiger partial charge >= 0.3 is 5.97 Å². The van der Waals surface area contributed by atoms with Crippen molar-refractivity contribution in [1.82, 2.24) is 10.2 Å². The predicted octanol–water partition coefficient (Wildman–Crippen LogP) is 4.66. The van der Waals surface area contributed by atoms with E-state index in [0.717, 1.165) is 5.56 Å². The van der Waals surface area contributed by atoms with E-state index in [-0.39, 0.29) is 30.8 Å². The van der Waals surface area contributed by atoms with E-state index in [1.807, 2.05) is 43.3 Å². The number of alkyl halides is 1. The number of rotatable bonds is 14. The quantitative estimate of drug-likeness (QED) is 0.164. The van der Waals surface area contributed by atoms with Crippen LogP contribution in [0.4, 0.5) is 5.69 Å². The molecule has 0 aliphatic carbocycles. The Balaban J connectivity index is 1.51. The maximum atomic E-state index is 14.8. The third-order valence-corrected chi connectivity index (χ3v) is 10.7. The number of fused-ring (bicyclic) bond motifs is 1. The lowest BCUT2D eigenvalue weighted by Crippen LogP contribution is -2.59. The second-order valence-electron chi connectivity index (χ2n) is 12.6. The monoisotopic (exact) mass is 741 g/mol. The van der Waals surface area contributed by atoms with Crippen molar-refractivity contribution in [3.63, 3.8) is 0 Å². The minimum absolute atomic E-state index is 0.103. The van der Waals surface area contributed by atoms with Gasteiger partial charge in [0.2, 0.25) is 11.8 Å². The van der Waals surface area contributed by atoms with Crippen LogP contribution in [-0.2, 0) is 28.7 Å². The number of anilines is 1. The van der Waals surface area contributed by atoms with Crippen molar-refractivity contribution in [3.8, 4) is 0 Å². The van der Waals surface area contributed by atoms with Crippen molar-refractivity contribution >= 4 is 56.9 Å². The Labute approximate surface area is 294 Å². The minimum Gasteiger partial charge on any atom is -0.463 e. The van der Waals surface area contributed by atoms with Crippen molar-refractivity contribution in [2.24, 2.45) is 11.8 Å². The first-order valence-electron chi connectivity index (χ1n) is 16.0. The first kappa shape index (κ1) is 35.8. The van der Waals surface area contributed by atoms with Crippen LogP contribution in [0.5, 0.6) is 0 Å². The third-order valence-electron chi connectivity index (χ3n) is 9.52. The summed E-state index contributed by atoms with van der Waals surface area (Å²) >= 11 is 10.3. The van der Waals surface area contributed by atoms with Gasteiger partial charge in [0.05, 0.1) is 47.3 Å². The number of carbonyl (C=O) groups excluding carboxylic acids is 4. The number of amides is 3. The molecule has 0 aromatic heterocycles. The number of halogens is 2. The lowest BCUT2D eigenvalue weighted by atomic mass is 9.70. The summed E-state index contributed by atoms with van der Waals surface area (Å²) in [5, 5.41) is 13.7. The molecule has 5 rings (SSSR count). The van der Waals surface area contributed by atoms with Gasteiger partial charge in [-0.1, -0.05) is 82.1 Å². The van der Waals surface area contributed by atoms with Gasteiger partial charge in [-0.2, -0.15) is 0 Å². The van der Waals surface area contributed by atoms with Gasteiger partial charge in [0.25, 0.3) is 5.91 Å². The first-order valence-corrected chi connectivity index (χ1v) is 17.3. The molecule has 1 unspecified atom stereocenters. The summed E-state index contributed by atoms with van der Waals surface area (Å²) in [5.74, 6) is -3.76. The molecular formula is C36H41BrClN3O7. The van der Waals surface area contributed by atoms with E-state index in [4.69, 9.17) is 21.1 Å². The zero-order valence-corrected chi connectivity index (χ0v) is 29.4. The summed E-state index contributed by atoms with van der Waals surface area (Å²) in [5.41, 5.74) is 0.584. The van der Waals surface area contributed by atoms with Crippen LogP contribution in [0.3, 0.4) is 0 Å². The molecule has 1 spiro atoms. The zero-order valence-electron chi connectivity index (χ0n) is 27.0. The number of esters is 1. The van der Waals surface area contributed by atoms with Crippen LogP contribution in [-0.4, -0.2) is 82.1 Å². The Morgan fingerprint density at radius 2 is 1.94 bits per heavy atom. The number of hydrogen-bond acceptors (Lipinski definition) is 7. The van der Waals surface area contributed by atoms with Crippen LogP contribution in [0, 0.1) is 18.8 Å². The van der Waals surface area contributed by atoms with E-state index in [0.29, 0.717) is 22.7 Å². The molecule has 8 atom stereocenters. The highest BCUT2D eigenvalue weighted by Crippen LogP contribution is 2.60. The number of aliphatic hydroxyl groups excluding tert-OH is 1. The first-order chi connectivity index (χ1) is 23.0. The van der Waals surface area contributed by atoms with Gasteiger partial charge < -0.3 is 29.7 Å². The van der Waals surface area contributed by atoms with E-state index in [1.54, 1.807) is 31.2 Å². The van der Waals surface area contributed by atoms with Crippen LogP contribution in [0.1, 0.15) is 43.4 Å². The molecule has 2 aromatic rings. The number of aryl methyl sites for hydroxylation is 1. The summed E-state index contributed by atoms with van der Waals surface area (Å²) in [6.07, 6.45) is 3.40. The number of ether oxygens (including phenoxy) is 2. The van der Waals surface area contributed by atoms with Gasteiger partial charge in [-0.05, 0) is 43.9 Å². The molecule has 12 heteroatoms. The number of nitrogens with zero attached hydrogens (tertiary/aromatic N) is 2. The second-order valence-corrected chi connectivity index (χ2v) is 14.1. The molecule has 3 fully saturated rings. The molecular weight excluding hydrogens is 702 g/mol. The molecule has 2 aromatic carbocycles. The van der Waals surface area contributed by atoms with Gasteiger partial charge in [0, 0.05) is 17.8 Å². The normalized spacial score (nSPS) is 26.8. The summed E-state index contributed by atoms with van der Waals surface area (Å²) < 4.78 is 12.2. The molecule has 3 saturated heterocycles. The van der Waals surface area contributed by atoms with Gasteiger partial charge in [-0.15, -0.1) is 13.2 Å². The fraction of sp³-hybridized carbons (Fsp3) is 0.444. The molecule has 48 heavy (non-hydrogen) atoms. The van der Waals surface area contributed by atoms with Gasteiger partial charge in [-0.25, -0.2) is 0 Å². The molecule has 10 nitrogen and oxygen atoms in total. The molecule has 3 heterocycles. The maximum Gasteiger partial charge on any atom is 0.306 e. The topological polar surface area (TPSA) is 125 Å². The summed E-state index contributed by atoms with van der Waals surface area (Å²) in [7, 11) is 0. The molecule has 0 radical (unpaired) electrons. The van der Waals surface area contributed by atoms with E-state index >= 15 is 0 Å². The second kappa shape index (κ2) is 14.9. The van der Waals surface area contributed by atoms with E-state index < -0.39 is 72.0 Å². The molecule has 3 aliphatic heterocycles. The highest BCUT2D eigenvalue weighted by atomic mass is 79.9. The Kier molecular flexibility index (Phi) is 11.1. The fourth-order valence-corrected chi connectivity index (χ4v) is 8.65. The summed E-state index contributed by atoms with van der Waals surface area (Å²) in [6.45, 7) is 10.6. The van der Waals surface area contributed by atoms with Crippen LogP contribution >= 0.6 is 27.5 Å². The minimum atomic E-state index is -1.37.